The second-order valence-corrected chi connectivity index (χ2v) is 5.36. The topological polar surface area (TPSA) is 50.2 Å². The van der Waals surface area contributed by atoms with Crippen LogP contribution < -0.4 is 5.56 Å². The first-order chi connectivity index (χ1) is 11.4. The van der Waals surface area contributed by atoms with Crippen LogP contribution in [-0.2, 0) is 6.18 Å². The third-order valence-corrected chi connectivity index (χ3v) is 3.82. The van der Waals surface area contributed by atoms with Crippen LogP contribution in [0.5, 0.6) is 0 Å². The summed E-state index contributed by atoms with van der Waals surface area (Å²) in [6, 6.07) is 13.2. The summed E-state index contributed by atoms with van der Waals surface area (Å²) in [7, 11) is 0. The van der Waals surface area contributed by atoms with Gasteiger partial charge in [0.05, 0.1) is 22.3 Å². The Kier molecular flexibility index (Phi) is 2.99. The molecule has 120 valence electrons. The summed E-state index contributed by atoms with van der Waals surface area (Å²) in [5.41, 5.74) is 1.20. The van der Waals surface area contributed by atoms with E-state index in [4.69, 9.17) is 0 Å². The molecule has 0 saturated heterocycles. The van der Waals surface area contributed by atoms with Crippen molar-refractivity contribution in [1.29, 1.82) is 0 Å². The lowest BCUT2D eigenvalue weighted by molar-refractivity contribution is -0.137. The largest absolute Gasteiger partial charge is 0.416 e. The first-order valence-corrected chi connectivity index (χ1v) is 7.12. The van der Waals surface area contributed by atoms with E-state index in [2.05, 4.69) is 9.97 Å². The van der Waals surface area contributed by atoms with E-state index in [9.17, 15) is 18.0 Å². The molecule has 0 atom stereocenters. The van der Waals surface area contributed by atoms with E-state index in [0.29, 0.717) is 28.1 Å². The molecule has 4 rings (SSSR count). The fourth-order valence-electron chi connectivity index (χ4n) is 2.67. The summed E-state index contributed by atoms with van der Waals surface area (Å²) in [5, 5.41) is 0. The number of nitrogens with one attached hydrogen (secondary N) is 1. The number of hydrogen-bond acceptors (Lipinski definition) is 2. The molecular weight excluding hydrogens is 319 g/mol. The zero-order valence-corrected chi connectivity index (χ0v) is 12.1. The Morgan fingerprint density at radius 1 is 1.00 bits per heavy atom. The van der Waals surface area contributed by atoms with Crippen molar-refractivity contribution in [2.24, 2.45) is 0 Å². The number of imidazole rings is 1. The minimum Gasteiger partial charge on any atom is -0.324 e. The molecule has 0 radical (unpaired) electrons. The Morgan fingerprint density at radius 3 is 2.42 bits per heavy atom. The normalized spacial score (nSPS) is 12.1. The van der Waals surface area contributed by atoms with E-state index in [1.807, 2.05) is 6.07 Å². The highest BCUT2D eigenvalue weighted by Gasteiger charge is 2.30. The highest BCUT2D eigenvalue weighted by atomic mass is 19.4. The number of halogens is 3. The predicted octanol–water partition coefficient (Wildman–Crippen LogP) is 3.86. The van der Waals surface area contributed by atoms with Crippen LogP contribution in [0, 0.1) is 0 Å². The molecule has 7 heteroatoms. The Morgan fingerprint density at radius 2 is 1.71 bits per heavy atom. The zero-order chi connectivity index (χ0) is 16.9. The molecule has 0 aliphatic rings. The third kappa shape index (κ3) is 2.25. The molecule has 4 nitrogen and oxygen atoms in total. The molecule has 0 aliphatic carbocycles. The highest BCUT2D eigenvalue weighted by molar-refractivity contribution is 5.79. The van der Waals surface area contributed by atoms with E-state index in [-0.39, 0.29) is 5.56 Å². The summed E-state index contributed by atoms with van der Waals surface area (Å²) in [4.78, 5) is 19.7. The Balaban J connectivity index is 1.89. The van der Waals surface area contributed by atoms with Crippen molar-refractivity contribution < 1.29 is 13.2 Å². The first kappa shape index (κ1) is 14.5. The molecule has 0 spiro atoms. The molecular formula is C17H10F3N3O. The molecule has 2 aromatic carbocycles. The van der Waals surface area contributed by atoms with Crippen LogP contribution in [0.4, 0.5) is 13.2 Å². The summed E-state index contributed by atoms with van der Waals surface area (Å²) < 4.78 is 39.4. The molecule has 2 aromatic heterocycles. The van der Waals surface area contributed by atoms with Gasteiger partial charge in [0.1, 0.15) is 0 Å². The van der Waals surface area contributed by atoms with Crippen molar-refractivity contribution in [2.45, 2.75) is 6.18 Å². The predicted molar refractivity (Wildman–Crippen MR) is 83.8 cm³/mol. The van der Waals surface area contributed by atoms with E-state index in [1.54, 1.807) is 18.2 Å². The first-order valence-electron chi connectivity index (χ1n) is 7.12. The molecule has 0 aliphatic heterocycles. The number of H-pyrrole nitrogens is 1. The van der Waals surface area contributed by atoms with Crippen molar-refractivity contribution in [3.63, 3.8) is 0 Å². The van der Waals surface area contributed by atoms with Gasteiger partial charge in [-0.2, -0.15) is 13.2 Å². The second-order valence-electron chi connectivity index (χ2n) is 5.36. The summed E-state index contributed by atoms with van der Waals surface area (Å²) >= 11 is 0. The molecule has 4 aromatic rings. The van der Waals surface area contributed by atoms with Gasteiger partial charge in [-0.15, -0.1) is 0 Å². The maximum absolute atomic E-state index is 12.6. The van der Waals surface area contributed by atoms with E-state index >= 15 is 0 Å². The molecule has 0 fully saturated rings. The standard InChI is InChI=1S/C17H10F3N3O/c18-17(19,20)11-7-5-10(6-8-11)13-9-15(24)23-14-4-2-1-3-12(14)21-16(23)22-13/h1-9H,(H,21,22). The molecule has 1 N–H and O–H groups in total. The molecule has 24 heavy (non-hydrogen) atoms. The van der Waals surface area contributed by atoms with E-state index < -0.39 is 11.7 Å². The number of aromatic amines is 1. The van der Waals surface area contributed by atoms with Crippen LogP contribution >= 0.6 is 0 Å². The summed E-state index contributed by atoms with van der Waals surface area (Å²) in [5.74, 6) is 0.346. The van der Waals surface area contributed by atoms with Crippen molar-refractivity contribution >= 4 is 16.8 Å². The smallest absolute Gasteiger partial charge is 0.324 e. The highest BCUT2D eigenvalue weighted by Crippen LogP contribution is 2.30. The summed E-state index contributed by atoms with van der Waals surface area (Å²) in [6.07, 6.45) is -4.39. The Labute approximate surface area is 133 Å². The number of aromatic nitrogens is 3. The number of benzene rings is 2. The number of alkyl halides is 3. The van der Waals surface area contributed by atoms with Crippen LogP contribution in [0.3, 0.4) is 0 Å². The van der Waals surface area contributed by atoms with Crippen LogP contribution in [-0.4, -0.2) is 14.4 Å². The monoisotopic (exact) mass is 329 g/mol. The average molecular weight is 329 g/mol. The number of para-hydroxylation sites is 2. The van der Waals surface area contributed by atoms with Gasteiger partial charge >= 0.3 is 6.18 Å². The zero-order valence-electron chi connectivity index (χ0n) is 12.1. The van der Waals surface area contributed by atoms with Crippen molar-refractivity contribution in [3.05, 3.63) is 70.5 Å². The van der Waals surface area contributed by atoms with E-state index in [1.165, 1.54) is 22.6 Å². The molecule has 2 heterocycles. The van der Waals surface area contributed by atoms with E-state index in [0.717, 1.165) is 12.1 Å². The lowest BCUT2D eigenvalue weighted by Crippen LogP contribution is -2.13. The molecule has 0 saturated carbocycles. The van der Waals surface area contributed by atoms with Gasteiger partial charge in [-0.3, -0.25) is 4.79 Å². The lowest BCUT2D eigenvalue weighted by atomic mass is 10.1. The van der Waals surface area contributed by atoms with Crippen molar-refractivity contribution in [3.8, 4) is 11.3 Å². The van der Waals surface area contributed by atoms with Crippen LogP contribution in [0.1, 0.15) is 5.56 Å². The number of hydrogen-bond donors (Lipinski definition) is 1. The Bertz CT molecular complexity index is 1110. The summed E-state index contributed by atoms with van der Waals surface area (Å²) in [6.45, 7) is 0. The van der Waals surface area contributed by atoms with Gasteiger partial charge in [-0.1, -0.05) is 24.3 Å². The maximum Gasteiger partial charge on any atom is 0.416 e. The molecule has 0 bridgehead atoms. The lowest BCUT2D eigenvalue weighted by Gasteiger charge is -2.08. The third-order valence-electron chi connectivity index (χ3n) is 3.82. The minimum absolute atomic E-state index is 0.299. The van der Waals surface area contributed by atoms with Gasteiger partial charge in [0.15, 0.2) is 0 Å². The van der Waals surface area contributed by atoms with Crippen molar-refractivity contribution in [2.75, 3.05) is 0 Å². The van der Waals surface area contributed by atoms with Crippen LogP contribution in [0.15, 0.2) is 59.4 Å². The second kappa shape index (κ2) is 4.95. The van der Waals surface area contributed by atoms with Gasteiger partial charge < -0.3 is 4.98 Å². The fraction of sp³-hybridized carbons (Fsp3) is 0.0588. The van der Waals surface area contributed by atoms with Gasteiger partial charge in [-0.25, -0.2) is 9.38 Å². The van der Waals surface area contributed by atoms with Gasteiger partial charge in [0.2, 0.25) is 5.78 Å². The quantitative estimate of drug-likeness (QED) is 0.576. The maximum atomic E-state index is 12.6. The number of fused-ring (bicyclic) bond motifs is 3. The number of nitrogens with zero attached hydrogens (tertiary/aromatic N) is 2. The molecule has 0 amide bonds. The van der Waals surface area contributed by atoms with Crippen molar-refractivity contribution in [1.82, 2.24) is 14.4 Å². The Hall–Kier alpha value is -3.09. The van der Waals surface area contributed by atoms with Crippen LogP contribution in [0.2, 0.25) is 0 Å². The fourth-order valence-corrected chi connectivity index (χ4v) is 2.67. The van der Waals surface area contributed by atoms with Gasteiger partial charge in [0, 0.05) is 6.07 Å². The number of rotatable bonds is 1. The minimum atomic E-state index is -4.39. The van der Waals surface area contributed by atoms with Crippen LogP contribution in [0.25, 0.3) is 28.1 Å². The van der Waals surface area contributed by atoms with Gasteiger partial charge in [0.25, 0.3) is 5.56 Å². The SMILES string of the molecule is O=c1cc(-c2ccc(C(F)(F)F)cc2)[nH]c2nc3ccccc3n12. The molecule has 0 unspecified atom stereocenters. The average Bonchev–Trinajstić information content (AvgIpc) is 2.93. The van der Waals surface area contributed by atoms with Gasteiger partial charge in [-0.05, 0) is 29.8 Å².